The van der Waals surface area contributed by atoms with Crippen molar-refractivity contribution in [2.24, 2.45) is 5.92 Å². The number of carbonyl (C=O) groups is 1. The number of alkyl halides is 2. The number of aromatic carboxylic acids is 1. The average molecular weight is 307 g/mol. The second-order valence-electron chi connectivity index (χ2n) is 3.95. The van der Waals surface area contributed by atoms with Gasteiger partial charge in [0.2, 0.25) is 0 Å². The van der Waals surface area contributed by atoms with Crippen molar-refractivity contribution in [3.8, 4) is 5.75 Å². The van der Waals surface area contributed by atoms with Crippen LogP contribution in [0, 0.1) is 5.92 Å². The van der Waals surface area contributed by atoms with E-state index in [4.69, 9.17) is 9.84 Å². The highest BCUT2D eigenvalue weighted by Gasteiger charge is 2.57. The summed E-state index contributed by atoms with van der Waals surface area (Å²) in [5.74, 6) is -4.19. The minimum Gasteiger partial charge on any atom is -0.493 e. The fourth-order valence-electron chi connectivity index (χ4n) is 1.42. The lowest BCUT2D eigenvalue weighted by Gasteiger charge is -2.07. The molecule has 1 aliphatic rings. The first-order valence-corrected chi connectivity index (χ1v) is 5.72. The van der Waals surface area contributed by atoms with Crippen LogP contribution in [0.4, 0.5) is 8.78 Å². The molecule has 17 heavy (non-hydrogen) atoms. The second kappa shape index (κ2) is 4.25. The van der Waals surface area contributed by atoms with Crippen molar-refractivity contribution in [3.63, 3.8) is 0 Å². The lowest BCUT2D eigenvalue weighted by molar-refractivity contribution is 0.0694. The third-order valence-electron chi connectivity index (χ3n) is 2.53. The van der Waals surface area contributed by atoms with Crippen molar-refractivity contribution in [2.75, 3.05) is 6.61 Å². The molecule has 0 heterocycles. The summed E-state index contributed by atoms with van der Waals surface area (Å²) in [7, 11) is 0. The predicted octanol–water partition coefficient (Wildman–Crippen LogP) is 3.18. The number of carboxylic acids is 1. The molecule has 1 aromatic carbocycles. The van der Waals surface area contributed by atoms with E-state index in [0.717, 1.165) is 0 Å². The van der Waals surface area contributed by atoms with Crippen LogP contribution in [0.25, 0.3) is 0 Å². The Labute approximate surface area is 105 Å². The standard InChI is InChI=1S/C11H9BrF2O3/c12-8-1-6(10(15)16)2-9(3-8)17-5-7-4-11(7,13)14/h1-3,7H,4-5H2,(H,15,16). The Morgan fingerprint density at radius 2 is 2.18 bits per heavy atom. The summed E-state index contributed by atoms with van der Waals surface area (Å²) in [4.78, 5) is 10.8. The zero-order valence-electron chi connectivity index (χ0n) is 8.62. The van der Waals surface area contributed by atoms with E-state index in [0.29, 0.717) is 4.47 Å². The molecule has 1 saturated carbocycles. The molecule has 0 amide bonds. The van der Waals surface area contributed by atoms with E-state index in [1.54, 1.807) is 6.07 Å². The van der Waals surface area contributed by atoms with E-state index in [1.807, 2.05) is 0 Å². The highest BCUT2D eigenvalue weighted by Crippen LogP contribution is 2.48. The van der Waals surface area contributed by atoms with Gasteiger partial charge in [0, 0.05) is 10.9 Å². The fourth-order valence-corrected chi connectivity index (χ4v) is 1.89. The highest BCUT2D eigenvalue weighted by atomic mass is 79.9. The molecule has 0 aliphatic heterocycles. The minimum absolute atomic E-state index is 0.0527. The van der Waals surface area contributed by atoms with Gasteiger partial charge in [-0.25, -0.2) is 13.6 Å². The molecule has 0 bridgehead atoms. The number of rotatable bonds is 4. The Kier molecular flexibility index (Phi) is 3.07. The summed E-state index contributed by atoms with van der Waals surface area (Å²) < 4.78 is 30.9. The summed E-state index contributed by atoms with van der Waals surface area (Å²) >= 11 is 3.13. The first-order chi connectivity index (χ1) is 7.88. The van der Waals surface area contributed by atoms with Crippen LogP contribution in [-0.2, 0) is 0 Å². The third-order valence-corrected chi connectivity index (χ3v) is 2.98. The molecule has 1 N–H and O–H groups in total. The van der Waals surface area contributed by atoms with Crippen molar-refractivity contribution in [2.45, 2.75) is 12.3 Å². The smallest absolute Gasteiger partial charge is 0.335 e. The molecule has 6 heteroatoms. The molecule has 1 fully saturated rings. The number of hydrogen-bond donors (Lipinski definition) is 1. The van der Waals surface area contributed by atoms with Crippen molar-refractivity contribution in [1.82, 2.24) is 0 Å². The van der Waals surface area contributed by atoms with Crippen molar-refractivity contribution < 1.29 is 23.4 Å². The lowest BCUT2D eigenvalue weighted by Crippen LogP contribution is -2.06. The second-order valence-corrected chi connectivity index (χ2v) is 4.87. The number of halogens is 3. The van der Waals surface area contributed by atoms with Gasteiger partial charge in [-0.15, -0.1) is 0 Å². The Bertz CT molecular complexity index is 462. The molecule has 0 aromatic heterocycles. The topological polar surface area (TPSA) is 46.5 Å². The quantitative estimate of drug-likeness (QED) is 0.929. The molecule has 92 valence electrons. The van der Waals surface area contributed by atoms with E-state index >= 15 is 0 Å². The van der Waals surface area contributed by atoms with Crippen LogP contribution in [0.1, 0.15) is 16.8 Å². The molecule has 0 radical (unpaired) electrons. The number of ether oxygens (including phenoxy) is 1. The summed E-state index contributed by atoms with van der Waals surface area (Å²) in [5.41, 5.74) is 0.0527. The maximum Gasteiger partial charge on any atom is 0.335 e. The van der Waals surface area contributed by atoms with Crippen molar-refractivity contribution in [3.05, 3.63) is 28.2 Å². The third kappa shape index (κ3) is 2.94. The van der Waals surface area contributed by atoms with Gasteiger partial charge in [-0.05, 0) is 18.2 Å². The first-order valence-electron chi connectivity index (χ1n) is 4.93. The molecule has 2 rings (SSSR count). The van der Waals surface area contributed by atoms with Gasteiger partial charge in [0.15, 0.2) is 0 Å². The van der Waals surface area contributed by atoms with Gasteiger partial charge in [-0.3, -0.25) is 0 Å². The van der Waals surface area contributed by atoms with Crippen molar-refractivity contribution in [1.29, 1.82) is 0 Å². The van der Waals surface area contributed by atoms with E-state index in [-0.39, 0.29) is 24.3 Å². The van der Waals surface area contributed by atoms with Gasteiger partial charge >= 0.3 is 5.97 Å². The first kappa shape index (κ1) is 12.3. The normalized spacial score (nSPS) is 21.0. The molecule has 1 unspecified atom stereocenters. The van der Waals surface area contributed by atoms with Crippen LogP contribution >= 0.6 is 15.9 Å². The van der Waals surface area contributed by atoms with Gasteiger partial charge in [0.05, 0.1) is 18.1 Å². The molecule has 1 aliphatic carbocycles. The van der Waals surface area contributed by atoms with Gasteiger partial charge in [0.1, 0.15) is 5.75 Å². The fraction of sp³-hybridized carbons (Fsp3) is 0.364. The van der Waals surface area contributed by atoms with Crippen LogP contribution in [0.3, 0.4) is 0 Å². The van der Waals surface area contributed by atoms with Crippen molar-refractivity contribution >= 4 is 21.9 Å². The van der Waals surface area contributed by atoms with E-state index < -0.39 is 17.8 Å². The summed E-state index contributed by atoms with van der Waals surface area (Å²) in [6, 6.07) is 4.28. The van der Waals surface area contributed by atoms with Gasteiger partial charge < -0.3 is 9.84 Å². The van der Waals surface area contributed by atoms with Gasteiger partial charge in [0.25, 0.3) is 5.92 Å². The SMILES string of the molecule is O=C(O)c1cc(Br)cc(OCC2CC2(F)F)c1. The molecule has 0 saturated heterocycles. The summed E-state index contributed by atoms with van der Waals surface area (Å²) in [6.45, 7) is -0.0947. The largest absolute Gasteiger partial charge is 0.493 e. The van der Waals surface area contributed by atoms with Gasteiger partial charge in [-0.2, -0.15) is 0 Å². The molecule has 3 nitrogen and oxygen atoms in total. The summed E-state index contributed by atoms with van der Waals surface area (Å²) in [6.07, 6.45) is -0.160. The number of carboxylic acid groups (broad SMARTS) is 1. The van der Waals surface area contributed by atoms with Crippen LogP contribution < -0.4 is 4.74 Å². The average Bonchev–Trinajstić information content (AvgIpc) is 2.83. The molecule has 1 atom stereocenters. The molecule has 1 aromatic rings. The zero-order chi connectivity index (χ0) is 12.6. The lowest BCUT2D eigenvalue weighted by atomic mass is 10.2. The number of hydrogen-bond acceptors (Lipinski definition) is 2. The van der Waals surface area contributed by atoms with E-state index in [1.165, 1.54) is 12.1 Å². The summed E-state index contributed by atoms with van der Waals surface area (Å²) in [5, 5.41) is 8.81. The molecular weight excluding hydrogens is 298 g/mol. The van der Waals surface area contributed by atoms with Crippen LogP contribution in [0.5, 0.6) is 5.75 Å². The Morgan fingerprint density at radius 3 is 2.71 bits per heavy atom. The molecular formula is C11H9BrF2O3. The minimum atomic E-state index is -2.62. The van der Waals surface area contributed by atoms with Crippen LogP contribution in [-0.4, -0.2) is 23.6 Å². The Balaban J connectivity index is 2.03. The van der Waals surface area contributed by atoms with Crippen LogP contribution in [0.15, 0.2) is 22.7 Å². The maximum absolute atomic E-state index is 12.6. The van der Waals surface area contributed by atoms with E-state index in [9.17, 15) is 13.6 Å². The highest BCUT2D eigenvalue weighted by molar-refractivity contribution is 9.10. The monoisotopic (exact) mass is 306 g/mol. The maximum atomic E-state index is 12.6. The molecule has 0 spiro atoms. The zero-order valence-corrected chi connectivity index (χ0v) is 10.2. The predicted molar refractivity (Wildman–Crippen MR) is 59.7 cm³/mol. The van der Waals surface area contributed by atoms with Crippen LogP contribution in [0.2, 0.25) is 0 Å². The van der Waals surface area contributed by atoms with E-state index in [2.05, 4.69) is 15.9 Å². The Hall–Kier alpha value is -1.17. The van der Waals surface area contributed by atoms with Gasteiger partial charge in [-0.1, -0.05) is 15.9 Å². The number of benzene rings is 1. The Morgan fingerprint density at radius 1 is 1.53 bits per heavy atom.